The highest BCUT2D eigenvalue weighted by Gasteiger charge is 2.77. The highest BCUT2D eigenvalue weighted by atomic mass is 19.4. The maximum atomic E-state index is 14.1. The van der Waals surface area contributed by atoms with Crippen LogP contribution in [-0.4, -0.2) is 36.3 Å². The highest BCUT2D eigenvalue weighted by molar-refractivity contribution is 5.77. The Kier molecular flexibility index (Phi) is 6.14. The lowest BCUT2D eigenvalue weighted by Gasteiger charge is -2.41. The van der Waals surface area contributed by atoms with Crippen molar-refractivity contribution in [2.75, 3.05) is 0 Å². The maximum absolute atomic E-state index is 14.1. The van der Waals surface area contributed by atoms with Crippen LogP contribution in [0.5, 0.6) is 0 Å². The van der Waals surface area contributed by atoms with Gasteiger partial charge in [0, 0.05) is 5.92 Å². The lowest BCUT2D eigenvalue weighted by atomic mass is 9.67. The molecule has 2 nitrogen and oxygen atoms in total. The molecule has 10 heteroatoms. The first-order valence-electron chi connectivity index (χ1n) is 10.7. The lowest BCUT2D eigenvalue weighted by Crippen LogP contribution is -2.60. The highest BCUT2D eigenvalue weighted by Crippen LogP contribution is 2.61. The molecule has 0 radical (unpaired) electrons. The van der Waals surface area contributed by atoms with Gasteiger partial charge in [0.15, 0.2) is 0 Å². The molecule has 3 aliphatic carbocycles. The topological polar surface area (TPSA) is 26.3 Å². The van der Waals surface area contributed by atoms with E-state index < -0.39 is 60.4 Å². The van der Waals surface area contributed by atoms with Crippen molar-refractivity contribution < 1.29 is 44.7 Å². The molecule has 180 valence electrons. The van der Waals surface area contributed by atoms with Crippen LogP contribution >= 0.6 is 0 Å². The van der Waals surface area contributed by atoms with E-state index in [1.807, 2.05) is 6.92 Å². The van der Waals surface area contributed by atoms with E-state index in [2.05, 4.69) is 13.8 Å². The van der Waals surface area contributed by atoms with Gasteiger partial charge in [-0.15, -0.1) is 0 Å². The fourth-order valence-corrected chi connectivity index (χ4v) is 6.04. The number of alkyl halides is 8. The molecule has 3 rings (SSSR count). The predicted molar refractivity (Wildman–Crippen MR) is 95.3 cm³/mol. The summed E-state index contributed by atoms with van der Waals surface area (Å²) in [6.45, 7) is 6.06. The number of hydrogen-bond donors (Lipinski definition) is 0. The Bertz CT molecular complexity index is 687. The summed E-state index contributed by atoms with van der Waals surface area (Å²) < 4.78 is 112. The molecular weight excluding hydrogens is 436 g/mol. The Labute approximate surface area is 176 Å². The summed E-state index contributed by atoms with van der Waals surface area (Å²) in [7, 11) is 0. The molecule has 2 bridgehead atoms. The molecule has 0 aromatic carbocycles. The second-order valence-corrected chi connectivity index (χ2v) is 9.94. The first kappa shape index (κ1) is 24.6. The van der Waals surface area contributed by atoms with Crippen molar-refractivity contribution in [3.63, 3.8) is 0 Å². The van der Waals surface area contributed by atoms with E-state index in [1.54, 1.807) is 0 Å². The van der Waals surface area contributed by atoms with Crippen LogP contribution in [0.25, 0.3) is 0 Å². The average molecular weight is 464 g/mol. The first-order chi connectivity index (χ1) is 14.1. The zero-order chi connectivity index (χ0) is 23.6. The third kappa shape index (κ3) is 3.63. The van der Waals surface area contributed by atoms with Crippen molar-refractivity contribution in [3.05, 3.63) is 0 Å². The molecule has 0 aliphatic heterocycles. The summed E-state index contributed by atoms with van der Waals surface area (Å²) >= 11 is 0. The molecule has 0 aromatic heterocycles. The summed E-state index contributed by atoms with van der Waals surface area (Å²) in [4.78, 5) is 12.8. The number of ether oxygens (including phenoxy) is 1. The predicted octanol–water partition coefficient (Wildman–Crippen LogP) is 6.58. The van der Waals surface area contributed by atoms with Gasteiger partial charge < -0.3 is 4.74 Å². The quantitative estimate of drug-likeness (QED) is 0.328. The first-order valence-corrected chi connectivity index (χ1v) is 10.7. The monoisotopic (exact) mass is 464 g/mol. The minimum atomic E-state index is -6.19. The fourth-order valence-electron chi connectivity index (χ4n) is 6.04. The van der Waals surface area contributed by atoms with E-state index in [0.29, 0.717) is 24.2 Å². The summed E-state index contributed by atoms with van der Waals surface area (Å²) in [5.41, 5.74) is -0.691. The number of esters is 1. The van der Waals surface area contributed by atoms with Crippen molar-refractivity contribution in [1.82, 2.24) is 0 Å². The van der Waals surface area contributed by atoms with Gasteiger partial charge in [0.1, 0.15) is 6.10 Å². The van der Waals surface area contributed by atoms with Crippen molar-refractivity contribution in [1.29, 1.82) is 0 Å². The van der Waals surface area contributed by atoms with E-state index in [0.717, 1.165) is 6.42 Å². The number of rotatable bonds is 6. The second-order valence-electron chi connectivity index (χ2n) is 9.94. The largest absolute Gasteiger partial charge is 0.462 e. The van der Waals surface area contributed by atoms with Crippen molar-refractivity contribution in [2.24, 2.45) is 35.0 Å². The minimum absolute atomic E-state index is 0.149. The normalized spacial score (nSPS) is 39.2. The SMILES string of the molecule is CC1C2CC(C1C)C(C)(C(=O)OC1CCC(C(F)(F)C(F)(F)C(F)(F)C(F)F)CC1)C2. The van der Waals surface area contributed by atoms with Crippen LogP contribution in [0.2, 0.25) is 0 Å². The van der Waals surface area contributed by atoms with Gasteiger partial charge in [-0.25, -0.2) is 8.78 Å². The molecule has 0 N–H and O–H groups in total. The van der Waals surface area contributed by atoms with Gasteiger partial charge >= 0.3 is 30.2 Å². The minimum Gasteiger partial charge on any atom is -0.462 e. The fraction of sp³-hybridized carbons (Fsp3) is 0.952. The van der Waals surface area contributed by atoms with Crippen molar-refractivity contribution in [2.45, 2.75) is 89.6 Å². The summed E-state index contributed by atoms with van der Waals surface area (Å²) in [5.74, 6) is -18.9. The Morgan fingerprint density at radius 3 is 1.97 bits per heavy atom. The van der Waals surface area contributed by atoms with E-state index in [1.165, 1.54) is 0 Å². The van der Waals surface area contributed by atoms with Crippen LogP contribution in [0.1, 0.15) is 59.3 Å². The number of carbonyl (C=O) groups excluding carboxylic acids is 1. The Balaban J connectivity index is 1.60. The number of halogens is 8. The van der Waals surface area contributed by atoms with E-state index >= 15 is 0 Å². The van der Waals surface area contributed by atoms with Crippen molar-refractivity contribution in [3.8, 4) is 0 Å². The Hall–Kier alpha value is -1.09. The molecule has 5 atom stereocenters. The molecule has 0 amide bonds. The Morgan fingerprint density at radius 2 is 1.52 bits per heavy atom. The lowest BCUT2D eigenvalue weighted by molar-refractivity contribution is -0.352. The van der Waals surface area contributed by atoms with Gasteiger partial charge in [-0.3, -0.25) is 4.79 Å². The van der Waals surface area contributed by atoms with Crippen LogP contribution in [0.4, 0.5) is 35.1 Å². The van der Waals surface area contributed by atoms with Gasteiger partial charge in [-0.2, -0.15) is 26.3 Å². The van der Waals surface area contributed by atoms with Gasteiger partial charge in [0.05, 0.1) is 5.41 Å². The van der Waals surface area contributed by atoms with Gasteiger partial charge in [0.2, 0.25) is 0 Å². The van der Waals surface area contributed by atoms with Crippen LogP contribution in [0.3, 0.4) is 0 Å². The van der Waals surface area contributed by atoms with Crippen LogP contribution in [0.15, 0.2) is 0 Å². The summed E-state index contributed by atoms with van der Waals surface area (Å²) in [6.07, 6.45) is -5.79. The standard InChI is InChI=1S/C21H28F8O2/c1-10-11(2)15-8-12(10)9-18(15,3)17(30)31-14-6-4-13(5-7-14)19(24,25)21(28,29)20(26,27)16(22)23/h10-16H,4-9H2,1-3H3. The third-order valence-electron chi connectivity index (χ3n) is 8.31. The molecule has 31 heavy (non-hydrogen) atoms. The summed E-state index contributed by atoms with van der Waals surface area (Å²) in [5, 5.41) is 0. The molecule has 0 spiro atoms. The smallest absolute Gasteiger partial charge is 0.378 e. The van der Waals surface area contributed by atoms with Crippen molar-refractivity contribution >= 4 is 5.97 Å². The zero-order valence-electron chi connectivity index (χ0n) is 17.6. The van der Waals surface area contributed by atoms with Gasteiger partial charge in [-0.1, -0.05) is 13.8 Å². The molecule has 3 aliphatic rings. The zero-order valence-corrected chi connectivity index (χ0v) is 17.6. The maximum Gasteiger partial charge on any atom is 0.378 e. The number of hydrogen-bond acceptors (Lipinski definition) is 2. The molecule has 3 saturated carbocycles. The van der Waals surface area contributed by atoms with E-state index in [9.17, 15) is 39.9 Å². The molecule has 0 heterocycles. The van der Waals surface area contributed by atoms with E-state index in [-0.39, 0.29) is 18.8 Å². The summed E-state index contributed by atoms with van der Waals surface area (Å²) in [6, 6.07) is 0. The average Bonchev–Trinajstić information content (AvgIpc) is 3.17. The molecular formula is C21H28F8O2. The van der Waals surface area contributed by atoms with Gasteiger partial charge in [0.25, 0.3) is 0 Å². The third-order valence-corrected chi connectivity index (χ3v) is 8.31. The Morgan fingerprint density at radius 1 is 0.968 bits per heavy atom. The van der Waals surface area contributed by atoms with Gasteiger partial charge in [-0.05, 0) is 69.1 Å². The number of carbonyl (C=O) groups is 1. The molecule has 0 aromatic rings. The van der Waals surface area contributed by atoms with Crippen LogP contribution in [0, 0.1) is 35.0 Å². The number of fused-ring (bicyclic) bond motifs is 2. The van der Waals surface area contributed by atoms with Crippen LogP contribution < -0.4 is 0 Å². The second kappa shape index (κ2) is 7.75. The van der Waals surface area contributed by atoms with Crippen LogP contribution in [-0.2, 0) is 9.53 Å². The molecule has 5 unspecified atom stereocenters. The van der Waals surface area contributed by atoms with E-state index in [4.69, 9.17) is 4.74 Å². The molecule has 3 fully saturated rings. The molecule has 0 saturated heterocycles.